The second-order valence-electron chi connectivity index (χ2n) is 3.72. The second kappa shape index (κ2) is 6.84. The summed E-state index contributed by atoms with van der Waals surface area (Å²) in [5.41, 5.74) is 0.942. The van der Waals surface area contributed by atoms with Gasteiger partial charge < -0.3 is 10.1 Å². The van der Waals surface area contributed by atoms with Crippen LogP contribution in [0.5, 0.6) is 0 Å². The highest BCUT2D eigenvalue weighted by atomic mass is 35.5. The van der Waals surface area contributed by atoms with Gasteiger partial charge in [0, 0.05) is 19.8 Å². The molecular weight excluding hydrogens is 229 g/mol. The highest BCUT2D eigenvalue weighted by Crippen LogP contribution is 2.17. The van der Waals surface area contributed by atoms with Crippen LogP contribution < -0.4 is 5.32 Å². The Labute approximate surface area is 101 Å². The van der Waals surface area contributed by atoms with Crippen molar-refractivity contribution in [1.82, 2.24) is 5.32 Å². The summed E-state index contributed by atoms with van der Waals surface area (Å²) >= 11 is 5.62. The van der Waals surface area contributed by atoms with Crippen molar-refractivity contribution in [2.24, 2.45) is 0 Å². The van der Waals surface area contributed by atoms with Crippen molar-refractivity contribution in [3.8, 4) is 0 Å². The van der Waals surface area contributed by atoms with Gasteiger partial charge in [-0.2, -0.15) is 0 Å². The van der Waals surface area contributed by atoms with Crippen molar-refractivity contribution in [3.05, 3.63) is 34.6 Å². The molecule has 2 nitrogen and oxygen atoms in total. The fourth-order valence-electron chi connectivity index (χ4n) is 1.56. The number of likely N-dealkylation sites (N-methyl/N-ethyl adjacent to an activating group) is 1. The molecule has 1 unspecified atom stereocenters. The summed E-state index contributed by atoms with van der Waals surface area (Å²) < 4.78 is 18.2. The molecule has 0 radical (unpaired) electrons. The van der Waals surface area contributed by atoms with Crippen LogP contribution in [0.25, 0.3) is 0 Å². The molecule has 0 fully saturated rings. The fraction of sp³-hybridized carbons (Fsp3) is 0.500. The maximum absolute atomic E-state index is 13.2. The van der Waals surface area contributed by atoms with Gasteiger partial charge in [-0.3, -0.25) is 0 Å². The molecule has 0 amide bonds. The van der Waals surface area contributed by atoms with Crippen molar-refractivity contribution in [3.63, 3.8) is 0 Å². The van der Waals surface area contributed by atoms with Gasteiger partial charge in [-0.05, 0) is 37.6 Å². The van der Waals surface area contributed by atoms with Gasteiger partial charge in [0.05, 0.1) is 5.02 Å². The summed E-state index contributed by atoms with van der Waals surface area (Å²) in [6.45, 7) is 0.696. The molecule has 1 aromatic carbocycles. The highest BCUT2D eigenvalue weighted by molar-refractivity contribution is 6.30. The van der Waals surface area contributed by atoms with Crippen LogP contribution in [-0.2, 0) is 11.2 Å². The van der Waals surface area contributed by atoms with E-state index < -0.39 is 0 Å². The number of halogens is 2. The number of ether oxygens (including phenoxy) is 1. The van der Waals surface area contributed by atoms with Crippen molar-refractivity contribution >= 4 is 11.6 Å². The lowest BCUT2D eigenvalue weighted by molar-refractivity contribution is 0.184. The van der Waals surface area contributed by atoms with Crippen molar-refractivity contribution in [1.29, 1.82) is 0 Å². The van der Waals surface area contributed by atoms with Crippen molar-refractivity contribution < 1.29 is 9.13 Å². The normalized spacial score (nSPS) is 12.8. The Morgan fingerprint density at radius 3 is 2.81 bits per heavy atom. The van der Waals surface area contributed by atoms with Gasteiger partial charge in [-0.1, -0.05) is 17.7 Å². The Morgan fingerprint density at radius 1 is 1.50 bits per heavy atom. The molecule has 1 atom stereocenters. The van der Waals surface area contributed by atoms with Gasteiger partial charge in [0.2, 0.25) is 0 Å². The zero-order chi connectivity index (χ0) is 12.0. The molecule has 0 bridgehead atoms. The summed E-state index contributed by atoms with van der Waals surface area (Å²) in [4.78, 5) is 0. The summed E-state index contributed by atoms with van der Waals surface area (Å²) in [6.07, 6.45) is 1.67. The quantitative estimate of drug-likeness (QED) is 0.832. The Balaban J connectivity index is 2.59. The average molecular weight is 246 g/mol. The minimum Gasteiger partial charge on any atom is -0.385 e. The average Bonchev–Trinajstić information content (AvgIpc) is 2.29. The first-order valence-corrected chi connectivity index (χ1v) is 5.65. The molecule has 1 aromatic rings. The molecule has 0 aliphatic carbocycles. The van der Waals surface area contributed by atoms with Crippen LogP contribution in [0.3, 0.4) is 0 Å². The van der Waals surface area contributed by atoms with Crippen LogP contribution in [0.15, 0.2) is 18.2 Å². The maximum atomic E-state index is 13.2. The van der Waals surface area contributed by atoms with E-state index in [1.165, 1.54) is 6.07 Å². The van der Waals surface area contributed by atoms with Crippen LogP contribution in [0.2, 0.25) is 5.02 Å². The van der Waals surface area contributed by atoms with Crippen LogP contribution in [-0.4, -0.2) is 26.8 Å². The van der Waals surface area contributed by atoms with Gasteiger partial charge >= 0.3 is 0 Å². The molecule has 0 spiro atoms. The summed E-state index contributed by atoms with van der Waals surface area (Å²) in [7, 11) is 3.57. The molecule has 0 aliphatic heterocycles. The lowest BCUT2D eigenvalue weighted by Crippen LogP contribution is -2.28. The molecule has 0 aromatic heterocycles. The van der Waals surface area contributed by atoms with Crippen molar-refractivity contribution in [2.45, 2.75) is 18.9 Å². The second-order valence-corrected chi connectivity index (χ2v) is 4.13. The summed E-state index contributed by atoms with van der Waals surface area (Å²) in [5, 5.41) is 3.35. The van der Waals surface area contributed by atoms with E-state index in [-0.39, 0.29) is 10.8 Å². The van der Waals surface area contributed by atoms with Crippen molar-refractivity contribution in [2.75, 3.05) is 20.8 Å². The van der Waals surface area contributed by atoms with E-state index in [4.69, 9.17) is 16.3 Å². The van der Waals surface area contributed by atoms with E-state index >= 15 is 0 Å². The lowest BCUT2D eigenvalue weighted by atomic mass is 10.0. The van der Waals surface area contributed by atoms with E-state index in [0.717, 1.165) is 18.4 Å². The van der Waals surface area contributed by atoms with Crippen LogP contribution in [0.1, 0.15) is 12.0 Å². The zero-order valence-corrected chi connectivity index (χ0v) is 10.4. The summed E-state index contributed by atoms with van der Waals surface area (Å²) in [6, 6.07) is 5.22. The van der Waals surface area contributed by atoms with E-state index in [2.05, 4.69) is 5.32 Å². The number of nitrogens with one attached hydrogen (secondary N) is 1. The number of methoxy groups -OCH3 is 1. The predicted octanol–water partition coefficient (Wildman–Crippen LogP) is 2.65. The lowest BCUT2D eigenvalue weighted by Gasteiger charge is -2.15. The SMILES string of the molecule is CNC(CCOC)Cc1ccc(Cl)c(F)c1. The molecular formula is C12H17ClFNO. The monoisotopic (exact) mass is 245 g/mol. The van der Waals surface area contributed by atoms with E-state index in [0.29, 0.717) is 12.6 Å². The van der Waals surface area contributed by atoms with Gasteiger partial charge in [0.15, 0.2) is 0 Å². The first-order valence-electron chi connectivity index (χ1n) is 5.27. The van der Waals surface area contributed by atoms with E-state index in [9.17, 15) is 4.39 Å². The van der Waals surface area contributed by atoms with Gasteiger partial charge in [-0.15, -0.1) is 0 Å². The maximum Gasteiger partial charge on any atom is 0.142 e. The summed E-state index contributed by atoms with van der Waals surface area (Å²) in [5.74, 6) is -0.360. The zero-order valence-electron chi connectivity index (χ0n) is 9.59. The van der Waals surface area contributed by atoms with Crippen LogP contribution in [0.4, 0.5) is 4.39 Å². The van der Waals surface area contributed by atoms with Crippen LogP contribution in [0, 0.1) is 5.82 Å². The Bertz CT molecular complexity index is 333. The van der Waals surface area contributed by atoms with Gasteiger partial charge in [-0.25, -0.2) is 4.39 Å². The highest BCUT2D eigenvalue weighted by Gasteiger charge is 2.08. The largest absolute Gasteiger partial charge is 0.385 e. The molecule has 90 valence electrons. The molecule has 4 heteroatoms. The first-order chi connectivity index (χ1) is 7.67. The number of hydrogen-bond acceptors (Lipinski definition) is 2. The van der Waals surface area contributed by atoms with E-state index in [1.807, 2.05) is 13.1 Å². The topological polar surface area (TPSA) is 21.3 Å². The Hall–Kier alpha value is -0.640. The third-order valence-corrected chi connectivity index (χ3v) is 2.85. The molecule has 1 rings (SSSR count). The molecule has 0 saturated heterocycles. The molecule has 0 heterocycles. The minimum absolute atomic E-state index is 0.168. The molecule has 0 saturated carbocycles. The molecule has 1 N–H and O–H groups in total. The number of hydrogen-bond donors (Lipinski definition) is 1. The third-order valence-electron chi connectivity index (χ3n) is 2.54. The standard InChI is InChI=1S/C12H17ClFNO/c1-15-10(5-6-16-2)7-9-3-4-11(13)12(14)8-9/h3-4,8,10,15H,5-7H2,1-2H3. The predicted molar refractivity (Wildman–Crippen MR) is 64.5 cm³/mol. The van der Waals surface area contributed by atoms with E-state index in [1.54, 1.807) is 13.2 Å². The Morgan fingerprint density at radius 2 is 2.25 bits per heavy atom. The minimum atomic E-state index is -0.360. The molecule has 0 aliphatic rings. The molecule has 16 heavy (non-hydrogen) atoms. The number of benzene rings is 1. The third kappa shape index (κ3) is 4.08. The van der Waals surface area contributed by atoms with Gasteiger partial charge in [0.25, 0.3) is 0 Å². The Kier molecular flexibility index (Phi) is 5.74. The smallest absolute Gasteiger partial charge is 0.142 e. The first kappa shape index (κ1) is 13.4. The fourth-order valence-corrected chi connectivity index (χ4v) is 1.68. The van der Waals surface area contributed by atoms with Crippen LogP contribution >= 0.6 is 11.6 Å². The number of rotatable bonds is 6. The van der Waals surface area contributed by atoms with Gasteiger partial charge in [0.1, 0.15) is 5.82 Å².